The Kier molecular flexibility index (Phi) is 1.79. The highest BCUT2D eigenvalue weighted by Gasteiger charge is 2.53. The van der Waals surface area contributed by atoms with E-state index in [-0.39, 0.29) is 36.9 Å². The second kappa shape index (κ2) is 2.91. The Morgan fingerprint density at radius 1 is 1.43 bits per heavy atom. The second-order valence-electron chi connectivity index (χ2n) is 4.55. The number of allylic oxidation sites excluding steroid dienone is 2. The van der Waals surface area contributed by atoms with Crippen molar-refractivity contribution in [3.05, 3.63) is 12.2 Å². The number of fused-ring (bicyclic) bond motifs is 5. The first-order valence-corrected chi connectivity index (χ1v) is 5.25. The number of carbonyl (C=O) groups is 1. The van der Waals surface area contributed by atoms with E-state index in [0.717, 1.165) is 6.42 Å². The van der Waals surface area contributed by atoms with Gasteiger partial charge < -0.3 is 9.84 Å². The fourth-order valence-electron chi connectivity index (χ4n) is 3.39. The summed E-state index contributed by atoms with van der Waals surface area (Å²) < 4.78 is 5.37. The number of aliphatic hydroxyl groups excluding tert-OH is 1. The van der Waals surface area contributed by atoms with Gasteiger partial charge in [-0.05, 0) is 18.3 Å². The number of carbonyl (C=O) groups excluding carboxylic acids is 1. The van der Waals surface area contributed by atoms with Crippen LogP contribution in [0.3, 0.4) is 0 Å². The molecule has 0 spiro atoms. The molecular formula is C11H14O3. The minimum absolute atomic E-state index is 0.0471. The van der Waals surface area contributed by atoms with Gasteiger partial charge in [-0.3, -0.25) is 4.79 Å². The summed E-state index contributed by atoms with van der Waals surface area (Å²) in [4.78, 5) is 11.7. The molecule has 14 heavy (non-hydrogen) atoms. The molecule has 0 radical (unpaired) electrons. The van der Waals surface area contributed by atoms with Crippen LogP contribution < -0.4 is 0 Å². The van der Waals surface area contributed by atoms with Crippen LogP contribution in [0.25, 0.3) is 0 Å². The van der Waals surface area contributed by atoms with Crippen LogP contribution in [0, 0.1) is 23.7 Å². The van der Waals surface area contributed by atoms with Crippen LogP contribution in [0.15, 0.2) is 12.2 Å². The van der Waals surface area contributed by atoms with Crippen LogP contribution in [0.1, 0.15) is 6.42 Å². The highest BCUT2D eigenvalue weighted by molar-refractivity contribution is 5.84. The molecule has 3 nitrogen and oxygen atoms in total. The summed E-state index contributed by atoms with van der Waals surface area (Å²) in [5, 5.41) is 9.19. The van der Waals surface area contributed by atoms with Crippen molar-refractivity contribution >= 4 is 5.78 Å². The highest BCUT2D eigenvalue weighted by Crippen LogP contribution is 2.51. The molecule has 0 aromatic carbocycles. The monoisotopic (exact) mass is 194 g/mol. The third-order valence-electron chi connectivity index (χ3n) is 3.94. The standard InChI is InChI=1S/C11H14O3/c12-4-9-11-7-2-1-6(3-7)10(11)8(13)5-14-9/h1-2,6-7,9-12H,3-5H2/t6?,7?,9?,10-,11?/m0/s1. The number of hydrogen-bond acceptors (Lipinski definition) is 3. The smallest absolute Gasteiger partial charge is 0.162 e. The van der Waals surface area contributed by atoms with Crippen molar-refractivity contribution in [2.24, 2.45) is 23.7 Å². The topological polar surface area (TPSA) is 46.5 Å². The first-order valence-electron chi connectivity index (χ1n) is 5.25. The summed E-state index contributed by atoms with van der Waals surface area (Å²) in [5.41, 5.74) is 0. The van der Waals surface area contributed by atoms with Gasteiger partial charge in [-0.25, -0.2) is 0 Å². The van der Waals surface area contributed by atoms with Crippen molar-refractivity contribution in [2.75, 3.05) is 13.2 Å². The van der Waals surface area contributed by atoms with Crippen molar-refractivity contribution in [1.82, 2.24) is 0 Å². The minimum Gasteiger partial charge on any atom is -0.394 e. The fourth-order valence-corrected chi connectivity index (χ4v) is 3.39. The molecule has 4 unspecified atom stereocenters. The lowest BCUT2D eigenvalue weighted by atomic mass is 9.76. The third kappa shape index (κ3) is 0.969. The highest BCUT2D eigenvalue weighted by atomic mass is 16.5. The van der Waals surface area contributed by atoms with Gasteiger partial charge in [0.25, 0.3) is 0 Å². The molecule has 1 aliphatic heterocycles. The maximum atomic E-state index is 11.7. The Morgan fingerprint density at radius 3 is 3.00 bits per heavy atom. The molecule has 3 aliphatic rings. The van der Waals surface area contributed by atoms with Gasteiger partial charge in [0, 0.05) is 11.8 Å². The zero-order valence-corrected chi connectivity index (χ0v) is 7.93. The van der Waals surface area contributed by atoms with Crippen LogP contribution in [-0.2, 0) is 9.53 Å². The first-order chi connectivity index (χ1) is 6.81. The van der Waals surface area contributed by atoms with Crippen molar-refractivity contribution < 1.29 is 14.6 Å². The molecule has 1 saturated heterocycles. The van der Waals surface area contributed by atoms with Gasteiger partial charge in [-0.15, -0.1) is 0 Å². The number of ketones is 1. The van der Waals surface area contributed by atoms with Crippen molar-refractivity contribution in [3.63, 3.8) is 0 Å². The third-order valence-corrected chi connectivity index (χ3v) is 3.94. The SMILES string of the molecule is O=C1COC(CO)C2C3C=CC(C3)[C@@H]12. The maximum Gasteiger partial charge on any atom is 0.162 e. The van der Waals surface area contributed by atoms with Gasteiger partial charge in [-0.2, -0.15) is 0 Å². The molecule has 1 heterocycles. The molecule has 76 valence electrons. The van der Waals surface area contributed by atoms with Gasteiger partial charge in [-0.1, -0.05) is 12.2 Å². The number of hydrogen-bond donors (Lipinski definition) is 1. The summed E-state index contributed by atoms with van der Waals surface area (Å²) >= 11 is 0. The molecule has 2 bridgehead atoms. The van der Waals surface area contributed by atoms with E-state index < -0.39 is 0 Å². The summed E-state index contributed by atoms with van der Waals surface area (Å²) in [6, 6.07) is 0. The Balaban J connectivity index is 1.94. The zero-order chi connectivity index (χ0) is 9.71. The van der Waals surface area contributed by atoms with Gasteiger partial charge in [0.1, 0.15) is 6.61 Å². The van der Waals surface area contributed by atoms with Crippen LogP contribution >= 0.6 is 0 Å². The second-order valence-corrected chi connectivity index (χ2v) is 4.55. The Bertz CT molecular complexity index is 297. The molecule has 2 fully saturated rings. The normalized spacial score (nSPS) is 49.8. The van der Waals surface area contributed by atoms with E-state index in [0.29, 0.717) is 11.8 Å². The number of Topliss-reactive ketones (excluding diaryl/α,β-unsaturated/α-hetero) is 1. The van der Waals surface area contributed by atoms with E-state index in [4.69, 9.17) is 4.74 Å². The van der Waals surface area contributed by atoms with Crippen LogP contribution in [-0.4, -0.2) is 30.2 Å². The maximum absolute atomic E-state index is 11.7. The lowest BCUT2D eigenvalue weighted by Gasteiger charge is -2.37. The van der Waals surface area contributed by atoms with E-state index in [2.05, 4.69) is 12.2 Å². The molecule has 0 amide bonds. The van der Waals surface area contributed by atoms with E-state index >= 15 is 0 Å². The first kappa shape index (κ1) is 8.62. The Hall–Kier alpha value is -0.670. The molecule has 5 atom stereocenters. The average Bonchev–Trinajstić information content (AvgIpc) is 2.79. The van der Waals surface area contributed by atoms with Gasteiger partial charge in [0.15, 0.2) is 5.78 Å². The quantitative estimate of drug-likeness (QED) is 0.614. The van der Waals surface area contributed by atoms with Crippen molar-refractivity contribution in [2.45, 2.75) is 12.5 Å². The molecule has 0 aromatic heterocycles. The summed E-state index contributed by atoms with van der Waals surface area (Å²) in [5.74, 6) is 1.51. The Labute approximate surface area is 82.8 Å². The number of aliphatic hydroxyl groups is 1. The predicted molar refractivity (Wildman–Crippen MR) is 49.5 cm³/mol. The van der Waals surface area contributed by atoms with Gasteiger partial charge in [0.2, 0.25) is 0 Å². The van der Waals surface area contributed by atoms with Gasteiger partial charge in [0.05, 0.1) is 12.7 Å². The molecule has 3 rings (SSSR count). The zero-order valence-electron chi connectivity index (χ0n) is 7.93. The largest absolute Gasteiger partial charge is 0.394 e. The minimum atomic E-state index is -0.113. The van der Waals surface area contributed by atoms with Crippen molar-refractivity contribution in [1.29, 1.82) is 0 Å². The summed E-state index contributed by atoms with van der Waals surface area (Å²) in [6.45, 7) is 0.245. The molecule has 2 aliphatic carbocycles. The fraction of sp³-hybridized carbons (Fsp3) is 0.727. The predicted octanol–water partition coefficient (Wildman–Crippen LogP) is 0.385. The number of ether oxygens (including phenoxy) is 1. The molecule has 3 heteroatoms. The van der Waals surface area contributed by atoms with Crippen LogP contribution in [0.5, 0.6) is 0 Å². The molecule has 1 saturated carbocycles. The lowest BCUT2D eigenvalue weighted by Crippen LogP contribution is -2.46. The van der Waals surface area contributed by atoms with Crippen molar-refractivity contribution in [3.8, 4) is 0 Å². The van der Waals surface area contributed by atoms with E-state index in [1.54, 1.807) is 0 Å². The van der Waals surface area contributed by atoms with Gasteiger partial charge >= 0.3 is 0 Å². The van der Waals surface area contributed by atoms with Crippen LogP contribution in [0.2, 0.25) is 0 Å². The average molecular weight is 194 g/mol. The Morgan fingerprint density at radius 2 is 2.21 bits per heavy atom. The van der Waals surface area contributed by atoms with E-state index in [1.807, 2.05) is 0 Å². The lowest BCUT2D eigenvalue weighted by molar-refractivity contribution is -0.148. The molecule has 0 aromatic rings. The summed E-state index contributed by atoms with van der Waals surface area (Å²) in [6.07, 6.45) is 5.33. The van der Waals surface area contributed by atoms with E-state index in [1.165, 1.54) is 0 Å². The van der Waals surface area contributed by atoms with E-state index in [9.17, 15) is 9.90 Å². The molecular weight excluding hydrogens is 180 g/mol. The van der Waals surface area contributed by atoms with Crippen LogP contribution in [0.4, 0.5) is 0 Å². The molecule has 1 N–H and O–H groups in total. The number of rotatable bonds is 1. The summed E-state index contributed by atoms with van der Waals surface area (Å²) in [7, 11) is 0.